The van der Waals surface area contributed by atoms with Crippen LogP contribution in [-0.2, 0) is 4.74 Å². The first kappa shape index (κ1) is 16.4. The molecule has 1 fully saturated rings. The molecule has 0 saturated carbocycles. The van der Waals surface area contributed by atoms with Gasteiger partial charge in [-0.05, 0) is 6.07 Å². The molecule has 1 aromatic rings. The monoisotopic (exact) mass is 315 g/mol. The Morgan fingerprint density at radius 1 is 1.35 bits per heavy atom. The van der Waals surface area contributed by atoms with Crippen LogP contribution in [0.4, 0.5) is 22.4 Å². The number of para-hydroxylation sites is 1. The van der Waals surface area contributed by atoms with Gasteiger partial charge in [-0.15, -0.1) is 12.4 Å². The van der Waals surface area contributed by atoms with Crippen LogP contribution in [0.1, 0.15) is 11.6 Å². The van der Waals surface area contributed by atoms with Gasteiger partial charge in [0, 0.05) is 5.56 Å². The number of hydrogen-bond donors (Lipinski definition) is 1. The normalized spacial score (nSPS) is 18.2. The Hall–Kier alpha value is -1.70. The van der Waals surface area contributed by atoms with Crippen molar-refractivity contribution in [1.29, 1.82) is 0 Å². The molecule has 1 aliphatic heterocycles. The van der Waals surface area contributed by atoms with Gasteiger partial charge >= 0.3 is 18.6 Å². The number of alkyl halides is 4. The molecule has 112 valence electrons. The second-order valence-electron chi connectivity index (χ2n) is 3.80. The summed E-state index contributed by atoms with van der Waals surface area (Å²) in [6.07, 6.45) is -9.25. The van der Waals surface area contributed by atoms with E-state index < -0.39 is 30.4 Å². The second-order valence-corrected chi connectivity index (χ2v) is 3.80. The van der Waals surface area contributed by atoms with E-state index in [2.05, 4.69) is 14.8 Å². The summed E-state index contributed by atoms with van der Waals surface area (Å²) in [5.41, 5.74) is 0.147. The van der Waals surface area contributed by atoms with Crippen molar-refractivity contribution in [3.8, 4) is 5.75 Å². The number of carbonyl (C=O) groups is 1. The van der Waals surface area contributed by atoms with E-state index in [1.807, 2.05) is 0 Å². The highest BCUT2D eigenvalue weighted by molar-refractivity contribution is 5.85. The van der Waals surface area contributed by atoms with Crippen LogP contribution in [0.5, 0.6) is 5.75 Å². The van der Waals surface area contributed by atoms with Gasteiger partial charge in [-0.3, -0.25) is 0 Å². The van der Waals surface area contributed by atoms with Crippen molar-refractivity contribution in [3.63, 3.8) is 0 Å². The van der Waals surface area contributed by atoms with Gasteiger partial charge in [0.05, 0.1) is 6.04 Å². The lowest BCUT2D eigenvalue weighted by Crippen LogP contribution is -2.34. The molecule has 1 atom stereocenters. The SMILES string of the molecule is Cl.O=C1N[C@@H](c2ccccc2OC(F)(F)C(F)F)CO1. The summed E-state index contributed by atoms with van der Waals surface area (Å²) in [5.74, 6) is -0.427. The number of nitrogens with one attached hydrogen (secondary N) is 1. The predicted octanol–water partition coefficient (Wildman–Crippen LogP) is 3.13. The summed E-state index contributed by atoms with van der Waals surface area (Å²) in [7, 11) is 0. The third-order valence-corrected chi connectivity index (χ3v) is 2.47. The zero-order valence-electron chi connectivity index (χ0n) is 9.82. The second kappa shape index (κ2) is 6.17. The molecular formula is C11H10ClF4NO3. The van der Waals surface area contributed by atoms with Crippen molar-refractivity contribution in [2.45, 2.75) is 18.6 Å². The number of amides is 1. The lowest BCUT2D eigenvalue weighted by molar-refractivity contribution is -0.253. The number of hydrogen-bond acceptors (Lipinski definition) is 3. The van der Waals surface area contributed by atoms with Gasteiger partial charge in [0.15, 0.2) is 0 Å². The number of benzene rings is 1. The van der Waals surface area contributed by atoms with E-state index in [0.717, 1.165) is 6.07 Å². The zero-order valence-corrected chi connectivity index (χ0v) is 10.6. The molecule has 20 heavy (non-hydrogen) atoms. The molecule has 0 radical (unpaired) electrons. The predicted molar refractivity (Wildman–Crippen MR) is 62.5 cm³/mol. The minimum atomic E-state index is -4.60. The third-order valence-electron chi connectivity index (χ3n) is 2.47. The highest BCUT2D eigenvalue weighted by Crippen LogP contribution is 2.33. The third kappa shape index (κ3) is 3.44. The minimum absolute atomic E-state index is 0. The first-order chi connectivity index (χ1) is 8.90. The van der Waals surface area contributed by atoms with Gasteiger partial charge in [-0.2, -0.15) is 17.6 Å². The number of carbonyl (C=O) groups excluding carboxylic acids is 1. The van der Waals surface area contributed by atoms with Crippen molar-refractivity contribution in [2.24, 2.45) is 0 Å². The fourth-order valence-corrected chi connectivity index (χ4v) is 1.60. The number of alkyl carbamates (subject to hydrolysis) is 1. The average molecular weight is 316 g/mol. The summed E-state index contributed by atoms with van der Waals surface area (Å²) < 4.78 is 58.6. The van der Waals surface area contributed by atoms with E-state index in [-0.39, 0.29) is 24.6 Å². The fraction of sp³-hybridized carbons (Fsp3) is 0.364. The van der Waals surface area contributed by atoms with E-state index >= 15 is 0 Å². The van der Waals surface area contributed by atoms with Crippen molar-refractivity contribution in [2.75, 3.05) is 6.61 Å². The van der Waals surface area contributed by atoms with E-state index in [1.165, 1.54) is 18.2 Å². The molecule has 0 aliphatic carbocycles. The lowest BCUT2D eigenvalue weighted by atomic mass is 10.1. The minimum Gasteiger partial charge on any atom is -0.447 e. The van der Waals surface area contributed by atoms with Gasteiger partial charge in [-0.1, -0.05) is 18.2 Å². The van der Waals surface area contributed by atoms with Crippen LogP contribution in [-0.4, -0.2) is 25.2 Å². The molecule has 1 saturated heterocycles. The largest absolute Gasteiger partial charge is 0.461 e. The summed E-state index contributed by atoms with van der Waals surface area (Å²) in [4.78, 5) is 10.9. The Labute approximate surface area is 117 Å². The molecule has 2 rings (SSSR count). The molecule has 1 aromatic carbocycles. The summed E-state index contributed by atoms with van der Waals surface area (Å²) in [6, 6.07) is 4.66. The number of rotatable bonds is 4. The summed E-state index contributed by atoms with van der Waals surface area (Å²) >= 11 is 0. The molecule has 0 spiro atoms. The van der Waals surface area contributed by atoms with Crippen LogP contribution in [0, 0.1) is 0 Å². The molecule has 1 N–H and O–H groups in total. The van der Waals surface area contributed by atoms with Crippen LogP contribution < -0.4 is 10.1 Å². The Balaban J connectivity index is 0.00000200. The topological polar surface area (TPSA) is 47.6 Å². The van der Waals surface area contributed by atoms with Gasteiger partial charge < -0.3 is 14.8 Å². The van der Waals surface area contributed by atoms with E-state index in [4.69, 9.17) is 0 Å². The van der Waals surface area contributed by atoms with Gasteiger partial charge in [0.25, 0.3) is 0 Å². The Morgan fingerprint density at radius 3 is 2.55 bits per heavy atom. The Morgan fingerprint density at radius 2 is 2.00 bits per heavy atom. The maximum absolute atomic E-state index is 12.9. The highest BCUT2D eigenvalue weighted by Gasteiger charge is 2.44. The lowest BCUT2D eigenvalue weighted by Gasteiger charge is -2.20. The summed E-state index contributed by atoms with van der Waals surface area (Å²) in [6.45, 7) is -0.0839. The maximum Gasteiger partial charge on any atom is 0.461 e. The molecule has 9 heteroatoms. The molecule has 0 bridgehead atoms. The number of cyclic esters (lactones) is 1. The van der Waals surface area contributed by atoms with Gasteiger partial charge in [0.2, 0.25) is 0 Å². The average Bonchev–Trinajstić information content (AvgIpc) is 2.76. The Bertz CT molecular complexity index is 486. The molecule has 0 unspecified atom stereocenters. The van der Waals surface area contributed by atoms with E-state index in [1.54, 1.807) is 0 Å². The smallest absolute Gasteiger partial charge is 0.447 e. The quantitative estimate of drug-likeness (QED) is 0.868. The molecular weight excluding hydrogens is 306 g/mol. The van der Waals surface area contributed by atoms with Crippen LogP contribution in [0.2, 0.25) is 0 Å². The van der Waals surface area contributed by atoms with Crippen LogP contribution in [0.3, 0.4) is 0 Å². The van der Waals surface area contributed by atoms with Crippen LogP contribution >= 0.6 is 12.4 Å². The van der Waals surface area contributed by atoms with Crippen molar-refractivity contribution in [3.05, 3.63) is 29.8 Å². The fourth-order valence-electron chi connectivity index (χ4n) is 1.60. The number of ether oxygens (including phenoxy) is 2. The molecule has 1 aliphatic rings. The maximum atomic E-state index is 12.9. The van der Waals surface area contributed by atoms with Crippen LogP contribution in [0.25, 0.3) is 0 Å². The zero-order chi connectivity index (χ0) is 14.0. The van der Waals surface area contributed by atoms with Crippen molar-refractivity contribution >= 4 is 18.5 Å². The first-order valence-electron chi connectivity index (χ1n) is 5.27. The molecule has 1 amide bonds. The first-order valence-corrected chi connectivity index (χ1v) is 5.27. The van der Waals surface area contributed by atoms with Crippen molar-refractivity contribution < 1.29 is 31.8 Å². The molecule has 0 aromatic heterocycles. The van der Waals surface area contributed by atoms with Crippen molar-refractivity contribution in [1.82, 2.24) is 5.32 Å². The molecule has 1 heterocycles. The Kier molecular flexibility index (Phi) is 5.04. The van der Waals surface area contributed by atoms with Crippen LogP contribution in [0.15, 0.2) is 24.3 Å². The van der Waals surface area contributed by atoms with E-state index in [9.17, 15) is 22.4 Å². The standard InChI is InChI=1S/C11H9F4NO3.ClH/c12-9(13)11(14,15)19-8-4-2-1-3-6(8)7-5-18-10(17)16-7;/h1-4,7,9H,5H2,(H,16,17);1H/t7-;/m1./s1. The van der Waals surface area contributed by atoms with Gasteiger partial charge in [-0.25, -0.2) is 4.79 Å². The van der Waals surface area contributed by atoms with Gasteiger partial charge in [0.1, 0.15) is 12.4 Å². The summed E-state index contributed by atoms with van der Waals surface area (Å²) in [5, 5.41) is 2.35. The molecule has 4 nitrogen and oxygen atoms in total. The number of halogens is 5. The highest BCUT2D eigenvalue weighted by atomic mass is 35.5. The van der Waals surface area contributed by atoms with E-state index in [0.29, 0.717) is 0 Å².